The molecule has 0 fully saturated rings. The number of anilines is 1. The van der Waals surface area contributed by atoms with Gasteiger partial charge in [-0.1, -0.05) is 19.9 Å². The minimum absolute atomic E-state index is 0.0182. The lowest BCUT2D eigenvalue weighted by molar-refractivity contribution is 0.624. The normalized spacial score (nSPS) is 12.3. The van der Waals surface area contributed by atoms with Crippen LogP contribution in [0.15, 0.2) is 28.9 Å². The van der Waals surface area contributed by atoms with Crippen LogP contribution in [0.25, 0.3) is 0 Å². The van der Waals surface area contributed by atoms with E-state index in [2.05, 4.69) is 0 Å². The van der Waals surface area contributed by atoms with E-state index < -0.39 is 5.82 Å². The molecule has 0 radical (unpaired) electrons. The van der Waals surface area contributed by atoms with Gasteiger partial charge in [0.1, 0.15) is 23.0 Å². The van der Waals surface area contributed by atoms with Crippen molar-refractivity contribution in [2.45, 2.75) is 26.7 Å². The summed E-state index contributed by atoms with van der Waals surface area (Å²) < 4.78 is 26.6. The van der Waals surface area contributed by atoms with Crippen LogP contribution in [0.2, 0.25) is 0 Å². The summed E-state index contributed by atoms with van der Waals surface area (Å²) >= 11 is -0.0834. The van der Waals surface area contributed by atoms with Gasteiger partial charge in [0.2, 0.25) is 0 Å². The molecule has 4 N–H and O–H groups in total. The highest BCUT2D eigenvalue weighted by molar-refractivity contribution is 7.98. The topological polar surface area (TPSA) is 55.3 Å². The Hall–Kier alpha value is -1.27. The molecule has 0 saturated carbocycles. The van der Waals surface area contributed by atoms with Crippen LogP contribution in [0.5, 0.6) is 0 Å². The third-order valence-corrected chi connectivity index (χ3v) is 3.23. The number of nitrogens with zero attached hydrogens (tertiary/aromatic N) is 1. The van der Waals surface area contributed by atoms with E-state index in [0.29, 0.717) is 6.42 Å². The second-order valence-corrected chi connectivity index (χ2v) is 4.31. The average Bonchev–Trinajstić information content (AvgIpc) is 2.39. The first kappa shape index (κ1) is 14.8. The van der Waals surface area contributed by atoms with E-state index in [1.54, 1.807) is 19.1 Å². The monoisotopic (exact) mass is 273 g/mol. The van der Waals surface area contributed by atoms with Gasteiger partial charge in [0.05, 0.1) is 5.69 Å². The molecular formula is C12H17F2N3S. The minimum atomic E-state index is -0.509. The van der Waals surface area contributed by atoms with E-state index in [1.807, 2.05) is 6.92 Å². The molecular weight excluding hydrogens is 256 g/mol. The maximum absolute atomic E-state index is 13.7. The molecule has 18 heavy (non-hydrogen) atoms. The molecule has 1 aromatic rings. The quantitative estimate of drug-likeness (QED) is 0.639. The van der Waals surface area contributed by atoms with Crippen molar-refractivity contribution in [3.63, 3.8) is 0 Å². The number of aryl methyl sites for hydroxylation is 1. The number of hydrazine groups is 1. The number of allylic oxidation sites excluding steroid dienone is 1. The maximum atomic E-state index is 13.7. The Kier molecular flexibility index (Phi) is 5.43. The van der Waals surface area contributed by atoms with Crippen molar-refractivity contribution in [2.75, 3.05) is 5.01 Å². The van der Waals surface area contributed by atoms with E-state index in [4.69, 9.17) is 11.6 Å². The Morgan fingerprint density at radius 2 is 2.06 bits per heavy atom. The molecule has 1 aromatic carbocycles. The molecule has 0 atom stereocenters. The zero-order valence-corrected chi connectivity index (χ0v) is 11.2. The molecule has 0 aromatic heterocycles. The molecule has 0 aliphatic carbocycles. The van der Waals surface area contributed by atoms with Gasteiger partial charge in [-0.3, -0.25) is 5.01 Å². The Labute approximate surface area is 110 Å². The molecule has 0 aliphatic rings. The summed E-state index contributed by atoms with van der Waals surface area (Å²) in [6.45, 7) is 3.72. The van der Waals surface area contributed by atoms with Crippen molar-refractivity contribution in [2.24, 2.45) is 11.6 Å². The fraction of sp³-hybridized carbons (Fsp3) is 0.333. The number of halogens is 2. The fourth-order valence-corrected chi connectivity index (χ4v) is 1.88. The van der Waals surface area contributed by atoms with Gasteiger partial charge in [-0.25, -0.2) is 10.2 Å². The summed E-state index contributed by atoms with van der Waals surface area (Å²) in [6.07, 6.45) is 1.18. The van der Waals surface area contributed by atoms with Crippen LogP contribution >= 0.6 is 12.1 Å². The van der Waals surface area contributed by atoms with Crippen LogP contribution in [-0.4, -0.2) is 0 Å². The molecule has 0 saturated heterocycles. The minimum Gasteiger partial charge on any atom is -0.400 e. The zero-order chi connectivity index (χ0) is 13.7. The standard InChI is InChI=1S/C12H17F2N3S/c1-3-8-5-6-9(13)11(7-8)17(16)12(18-14)10(15)4-2/h5-7H,3-4,15-16H2,1-2H3/b12-10+. The average molecular weight is 273 g/mol. The van der Waals surface area contributed by atoms with Crippen LogP contribution in [0.4, 0.5) is 14.0 Å². The van der Waals surface area contributed by atoms with Crippen molar-refractivity contribution < 1.29 is 8.28 Å². The van der Waals surface area contributed by atoms with E-state index in [9.17, 15) is 8.28 Å². The highest BCUT2D eigenvalue weighted by Gasteiger charge is 2.16. The molecule has 0 bridgehead atoms. The molecule has 3 nitrogen and oxygen atoms in total. The highest BCUT2D eigenvalue weighted by Crippen LogP contribution is 2.29. The fourth-order valence-electron chi connectivity index (χ4n) is 1.46. The summed E-state index contributed by atoms with van der Waals surface area (Å²) in [5.41, 5.74) is 6.98. The predicted octanol–water partition coefficient (Wildman–Crippen LogP) is 3.22. The molecule has 0 heterocycles. The maximum Gasteiger partial charge on any atom is 0.148 e. The highest BCUT2D eigenvalue weighted by atomic mass is 32.2. The zero-order valence-electron chi connectivity index (χ0n) is 10.4. The van der Waals surface area contributed by atoms with Crippen LogP contribution in [0.1, 0.15) is 25.8 Å². The Balaban J connectivity index is 3.20. The number of hydrogen-bond donors (Lipinski definition) is 2. The summed E-state index contributed by atoms with van der Waals surface area (Å²) in [6, 6.07) is 4.58. The summed E-state index contributed by atoms with van der Waals surface area (Å²) in [4.78, 5) is 0. The van der Waals surface area contributed by atoms with Gasteiger partial charge >= 0.3 is 0 Å². The van der Waals surface area contributed by atoms with Gasteiger partial charge in [-0.15, -0.1) is 0 Å². The second kappa shape index (κ2) is 6.61. The lowest BCUT2D eigenvalue weighted by Gasteiger charge is -2.21. The lowest BCUT2D eigenvalue weighted by atomic mass is 10.1. The third-order valence-electron chi connectivity index (χ3n) is 2.63. The van der Waals surface area contributed by atoms with E-state index in [1.165, 1.54) is 6.07 Å². The summed E-state index contributed by atoms with van der Waals surface area (Å²) in [7, 11) is 0. The number of rotatable bonds is 5. The largest absolute Gasteiger partial charge is 0.400 e. The van der Waals surface area contributed by atoms with Gasteiger partial charge in [0.25, 0.3) is 0 Å². The van der Waals surface area contributed by atoms with Gasteiger partial charge in [0, 0.05) is 5.70 Å². The summed E-state index contributed by atoms with van der Waals surface area (Å²) in [5.74, 6) is 5.24. The molecule has 0 unspecified atom stereocenters. The molecule has 0 aliphatic heterocycles. The van der Waals surface area contributed by atoms with Crippen LogP contribution in [-0.2, 0) is 6.42 Å². The third kappa shape index (κ3) is 3.14. The lowest BCUT2D eigenvalue weighted by Crippen LogP contribution is -2.31. The first-order valence-corrected chi connectivity index (χ1v) is 6.37. The number of benzene rings is 1. The van der Waals surface area contributed by atoms with Crippen molar-refractivity contribution in [1.82, 2.24) is 0 Å². The molecule has 6 heteroatoms. The molecule has 0 spiro atoms. The van der Waals surface area contributed by atoms with Crippen LogP contribution < -0.4 is 16.6 Å². The molecule has 0 amide bonds. The van der Waals surface area contributed by atoms with Crippen LogP contribution in [0, 0.1) is 5.82 Å². The van der Waals surface area contributed by atoms with Crippen LogP contribution in [0.3, 0.4) is 0 Å². The Morgan fingerprint density at radius 1 is 1.39 bits per heavy atom. The Bertz CT molecular complexity index is 449. The first-order chi connectivity index (χ1) is 8.54. The molecule has 1 rings (SSSR count). The predicted molar refractivity (Wildman–Crippen MR) is 72.6 cm³/mol. The number of nitrogens with two attached hydrogens (primary N) is 2. The van der Waals surface area contributed by atoms with Crippen molar-refractivity contribution in [3.05, 3.63) is 40.3 Å². The van der Waals surface area contributed by atoms with Gasteiger partial charge in [-0.2, -0.15) is 3.89 Å². The summed E-state index contributed by atoms with van der Waals surface area (Å²) in [5, 5.41) is 0.975. The SMILES string of the molecule is CC/C(N)=C(\SF)N(N)c1cc(CC)ccc1F. The van der Waals surface area contributed by atoms with E-state index >= 15 is 0 Å². The first-order valence-electron chi connectivity index (χ1n) is 5.65. The van der Waals surface area contributed by atoms with Crippen molar-refractivity contribution in [3.8, 4) is 0 Å². The van der Waals surface area contributed by atoms with E-state index in [-0.39, 0.29) is 28.6 Å². The van der Waals surface area contributed by atoms with E-state index in [0.717, 1.165) is 17.0 Å². The second-order valence-electron chi connectivity index (χ2n) is 3.77. The van der Waals surface area contributed by atoms with Crippen molar-refractivity contribution >= 4 is 17.8 Å². The van der Waals surface area contributed by atoms with Gasteiger partial charge in [-0.05, 0) is 30.5 Å². The van der Waals surface area contributed by atoms with Crippen molar-refractivity contribution in [1.29, 1.82) is 0 Å². The Morgan fingerprint density at radius 3 is 2.56 bits per heavy atom. The smallest absolute Gasteiger partial charge is 0.148 e. The number of hydrogen-bond acceptors (Lipinski definition) is 4. The van der Waals surface area contributed by atoms with Gasteiger partial charge in [0.15, 0.2) is 0 Å². The van der Waals surface area contributed by atoms with Gasteiger partial charge < -0.3 is 5.73 Å². The molecule has 100 valence electrons.